The fourth-order valence-electron chi connectivity index (χ4n) is 2.48. The topological polar surface area (TPSA) is 55.2 Å². The van der Waals surface area contributed by atoms with E-state index in [1.54, 1.807) is 20.2 Å². The van der Waals surface area contributed by atoms with Gasteiger partial charge < -0.3 is 9.84 Å². The van der Waals surface area contributed by atoms with Crippen molar-refractivity contribution in [3.8, 4) is 17.1 Å². The molecule has 0 aliphatic rings. The predicted molar refractivity (Wildman–Crippen MR) is 86.9 cm³/mol. The molecule has 0 aliphatic heterocycles. The first-order chi connectivity index (χ1) is 10.6. The minimum Gasteiger partial charge on any atom is -0.481 e. The summed E-state index contributed by atoms with van der Waals surface area (Å²) < 4.78 is 5.08. The number of hydrogen-bond acceptors (Lipinski definition) is 4. The first kappa shape index (κ1) is 14.5. The molecule has 0 bridgehead atoms. The van der Waals surface area contributed by atoms with E-state index in [-0.39, 0.29) is 0 Å². The fraction of sp³-hybridized carbons (Fsp3) is 0.222. The van der Waals surface area contributed by atoms with Crippen LogP contribution in [0.5, 0.6) is 5.88 Å². The highest BCUT2D eigenvalue weighted by Gasteiger charge is 2.08. The molecule has 2 aromatic heterocycles. The van der Waals surface area contributed by atoms with Gasteiger partial charge in [0.1, 0.15) is 0 Å². The Hall–Kier alpha value is -2.46. The van der Waals surface area contributed by atoms with Crippen LogP contribution in [0.4, 0.5) is 0 Å². The molecule has 1 unspecified atom stereocenters. The highest BCUT2D eigenvalue weighted by Crippen LogP contribution is 2.26. The zero-order valence-electron chi connectivity index (χ0n) is 12.9. The number of aliphatic hydroxyl groups excluding tert-OH is 1. The summed E-state index contributed by atoms with van der Waals surface area (Å²) in [7, 11) is 1.60. The van der Waals surface area contributed by atoms with E-state index in [0.29, 0.717) is 5.88 Å². The summed E-state index contributed by atoms with van der Waals surface area (Å²) in [6, 6.07) is 11.7. The van der Waals surface area contributed by atoms with Crippen LogP contribution in [0.3, 0.4) is 0 Å². The number of methoxy groups -OCH3 is 1. The third kappa shape index (κ3) is 2.65. The third-order valence-corrected chi connectivity index (χ3v) is 3.76. The number of aryl methyl sites for hydroxylation is 1. The van der Waals surface area contributed by atoms with Crippen molar-refractivity contribution < 1.29 is 9.84 Å². The largest absolute Gasteiger partial charge is 0.481 e. The molecular formula is C18H18N2O2. The molecule has 112 valence electrons. The van der Waals surface area contributed by atoms with Gasteiger partial charge in [-0.05, 0) is 43.2 Å². The molecule has 0 spiro atoms. The average Bonchev–Trinajstić information content (AvgIpc) is 2.54. The molecule has 0 radical (unpaired) electrons. The second-order valence-corrected chi connectivity index (χ2v) is 5.37. The molecule has 22 heavy (non-hydrogen) atoms. The predicted octanol–water partition coefficient (Wildman–Crippen LogP) is 3.67. The van der Waals surface area contributed by atoms with Gasteiger partial charge in [0.2, 0.25) is 5.88 Å². The number of fused-ring (bicyclic) bond motifs is 1. The summed E-state index contributed by atoms with van der Waals surface area (Å²) in [5, 5.41) is 10.8. The Morgan fingerprint density at radius 3 is 2.59 bits per heavy atom. The van der Waals surface area contributed by atoms with Crippen molar-refractivity contribution in [2.75, 3.05) is 7.11 Å². The van der Waals surface area contributed by atoms with Crippen LogP contribution >= 0.6 is 0 Å². The Labute approximate surface area is 129 Å². The van der Waals surface area contributed by atoms with E-state index in [2.05, 4.69) is 11.9 Å². The van der Waals surface area contributed by atoms with E-state index < -0.39 is 6.10 Å². The van der Waals surface area contributed by atoms with E-state index in [0.717, 1.165) is 33.3 Å². The number of aliphatic hydroxyl groups is 1. The number of benzene rings is 1. The van der Waals surface area contributed by atoms with E-state index in [1.165, 1.54) is 0 Å². The molecule has 1 N–H and O–H groups in total. The number of nitrogens with zero attached hydrogens (tertiary/aromatic N) is 2. The Balaban J connectivity index is 2.13. The van der Waals surface area contributed by atoms with Gasteiger partial charge in [-0.3, -0.25) is 0 Å². The molecule has 0 aliphatic carbocycles. The highest BCUT2D eigenvalue weighted by molar-refractivity contribution is 5.85. The van der Waals surface area contributed by atoms with E-state index in [9.17, 15) is 5.11 Å². The lowest BCUT2D eigenvalue weighted by Gasteiger charge is -2.10. The van der Waals surface area contributed by atoms with Gasteiger partial charge in [0.05, 0.1) is 24.4 Å². The average molecular weight is 294 g/mol. The van der Waals surface area contributed by atoms with Crippen LogP contribution in [0.1, 0.15) is 24.2 Å². The first-order valence-electron chi connectivity index (χ1n) is 7.18. The second-order valence-electron chi connectivity index (χ2n) is 5.37. The quantitative estimate of drug-likeness (QED) is 0.801. The van der Waals surface area contributed by atoms with Crippen LogP contribution in [0.25, 0.3) is 22.2 Å². The number of aromatic nitrogens is 2. The molecule has 0 amide bonds. The van der Waals surface area contributed by atoms with Crippen molar-refractivity contribution in [2.45, 2.75) is 20.0 Å². The van der Waals surface area contributed by atoms with Gasteiger partial charge >= 0.3 is 0 Å². The summed E-state index contributed by atoms with van der Waals surface area (Å²) in [6.07, 6.45) is 1.25. The minimum atomic E-state index is -0.502. The minimum absolute atomic E-state index is 0.502. The van der Waals surface area contributed by atoms with Gasteiger partial charge in [-0.25, -0.2) is 9.97 Å². The summed E-state index contributed by atoms with van der Waals surface area (Å²) in [5.41, 5.74) is 4.69. The Morgan fingerprint density at radius 1 is 1.14 bits per heavy atom. The standard InChI is InChI=1S/C18H18N2O2/c1-11-8-16(14-5-7-18(22-3)19-10-14)20-17-9-13(12(2)21)4-6-15(11)17/h4-10,12,21H,1-3H3. The molecule has 3 aromatic rings. The van der Waals surface area contributed by atoms with Crippen LogP contribution in [-0.4, -0.2) is 22.2 Å². The molecule has 0 saturated heterocycles. The van der Waals surface area contributed by atoms with Crippen molar-refractivity contribution >= 4 is 10.9 Å². The van der Waals surface area contributed by atoms with E-state index >= 15 is 0 Å². The SMILES string of the molecule is COc1ccc(-c2cc(C)c3ccc(C(C)O)cc3n2)cn1. The van der Waals surface area contributed by atoms with Crippen LogP contribution in [0.15, 0.2) is 42.6 Å². The van der Waals surface area contributed by atoms with Gasteiger partial charge in [0.15, 0.2) is 0 Å². The maximum Gasteiger partial charge on any atom is 0.212 e. The number of ether oxygens (including phenoxy) is 1. The Bertz CT molecular complexity index is 811. The van der Waals surface area contributed by atoms with Gasteiger partial charge in [-0.1, -0.05) is 12.1 Å². The molecule has 2 heterocycles. The molecule has 1 atom stereocenters. The van der Waals surface area contributed by atoms with Crippen molar-refractivity contribution in [1.29, 1.82) is 0 Å². The molecule has 1 aromatic carbocycles. The van der Waals surface area contributed by atoms with Gasteiger partial charge in [0, 0.05) is 23.2 Å². The molecule has 0 fully saturated rings. The van der Waals surface area contributed by atoms with E-state index in [1.807, 2.05) is 36.4 Å². The van der Waals surface area contributed by atoms with Crippen molar-refractivity contribution in [3.05, 3.63) is 53.7 Å². The van der Waals surface area contributed by atoms with Crippen LogP contribution in [-0.2, 0) is 0 Å². The van der Waals surface area contributed by atoms with Gasteiger partial charge in [-0.15, -0.1) is 0 Å². The van der Waals surface area contributed by atoms with Gasteiger partial charge in [0.25, 0.3) is 0 Å². The summed E-state index contributed by atoms with van der Waals surface area (Å²) in [6.45, 7) is 3.82. The fourth-order valence-corrected chi connectivity index (χ4v) is 2.48. The van der Waals surface area contributed by atoms with Crippen LogP contribution in [0.2, 0.25) is 0 Å². The number of hydrogen-bond donors (Lipinski definition) is 1. The molecule has 3 rings (SSSR count). The molecule has 0 saturated carbocycles. The van der Waals surface area contributed by atoms with Crippen molar-refractivity contribution in [3.63, 3.8) is 0 Å². The first-order valence-corrected chi connectivity index (χ1v) is 7.18. The highest BCUT2D eigenvalue weighted by atomic mass is 16.5. The lowest BCUT2D eigenvalue weighted by Crippen LogP contribution is -1.94. The lowest BCUT2D eigenvalue weighted by molar-refractivity contribution is 0.199. The third-order valence-electron chi connectivity index (χ3n) is 3.76. The monoisotopic (exact) mass is 294 g/mol. The maximum atomic E-state index is 9.74. The molecule has 4 heteroatoms. The van der Waals surface area contributed by atoms with Crippen LogP contribution < -0.4 is 4.74 Å². The second kappa shape index (κ2) is 5.73. The number of pyridine rings is 2. The van der Waals surface area contributed by atoms with Gasteiger partial charge in [-0.2, -0.15) is 0 Å². The Morgan fingerprint density at radius 2 is 1.95 bits per heavy atom. The Kier molecular flexibility index (Phi) is 3.77. The maximum absolute atomic E-state index is 9.74. The summed E-state index contributed by atoms with van der Waals surface area (Å²) >= 11 is 0. The normalized spacial score (nSPS) is 12.4. The number of rotatable bonds is 3. The van der Waals surface area contributed by atoms with Crippen molar-refractivity contribution in [2.24, 2.45) is 0 Å². The molecule has 4 nitrogen and oxygen atoms in total. The summed E-state index contributed by atoms with van der Waals surface area (Å²) in [5.74, 6) is 0.581. The zero-order valence-corrected chi connectivity index (χ0v) is 12.9. The van der Waals surface area contributed by atoms with Crippen LogP contribution in [0, 0.1) is 6.92 Å². The summed E-state index contributed by atoms with van der Waals surface area (Å²) in [4.78, 5) is 8.94. The smallest absolute Gasteiger partial charge is 0.212 e. The molecular weight excluding hydrogens is 276 g/mol. The van der Waals surface area contributed by atoms with E-state index in [4.69, 9.17) is 9.72 Å². The lowest BCUT2D eigenvalue weighted by atomic mass is 10.0. The van der Waals surface area contributed by atoms with Crippen molar-refractivity contribution in [1.82, 2.24) is 9.97 Å². The zero-order chi connectivity index (χ0) is 15.7.